The normalized spacial score (nSPS) is 10.7. The average Bonchev–Trinajstić information content (AvgIpc) is 2.70. The summed E-state index contributed by atoms with van der Waals surface area (Å²) in [7, 11) is 0. The van der Waals surface area contributed by atoms with Gasteiger partial charge in [-0.15, -0.1) is 0 Å². The third-order valence-electron chi connectivity index (χ3n) is 2.08. The number of nitrogens with one attached hydrogen (secondary N) is 1. The number of hydrogen-bond acceptors (Lipinski definition) is 6. The van der Waals surface area contributed by atoms with Gasteiger partial charge in [0.05, 0.1) is 11.9 Å². The molecule has 0 spiro atoms. The maximum absolute atomic E-state index is 11.7. The fourth-order valence-corrected chi connectivity index (χ4v) is 2.02. The van der Waals surface area contributed by atoms with E-state index in [0.29, 0.717) is 15.7 Å². The van der Waals surface area contributed by atoms with Crippen molar-refractivity contribution in [1.82, 2.24) is 15.4 Å². The smallest absolute Gasteiger partial charge is 0.283 e. The number of thiazole rings is 1. The molecule has 0 unspecified atom stereocenters. The van der Waals surface area contributed by atoms with E-state index in [2.05, 4.69) is 20.5 Å². The summed E-state index contributed by atoms with van der Waals surface area (Å²) in [6.45, 7) is 1.73. The number of nitrogen functional groups attached to an aromatic ring is 1. The monoisotopic (exact) mass is 261 g/mol. The highest BCUT2D eigenvalue weighted by molar-refractivity contribution is 7.17. The van der Waals surface area contributed by atoms with Crippen molar-refractivity contribution in [2.75, 3.05) is 5.73 Å². The highest BCUT2D eigenvalue weighted by Gasteiger charge is 2.12. The van der Waals surface area contributed by atoms with Gasteiger partial charge in [0.15, 0.2) is 5.13 Å². The van der Waals surface area contributed by atoms with Gasteiger partial charge in [-0.05, 0) is 13.0 Å². The molecule has 18 heavy (non-hydrogen) atoms. The van der Waals surface area contributed by atoms with Crippen molar-refractivity contribution in [3.05, 3.63) is 40.7 Å². The van der Waals surface area contributed by atoms with Crippen LogP contribution in [0.3, 0.4) is 0 Å². The summed E-state index contributed by atoms with van der Waals surface area (Å²) in [5.41, 5.74) is 9.34. The van der Waals surface area contributed by atoms with Crippen LogP contribution < -0.4 is 11.2 Å². The van der Waals surface area contributed by atoms with E-state index in [1.54, 1.807) is 25.4 Å². The number of aryl methyl sites for hydroxylation is 1. The summed E-state index contributed by atoms with van der Waals surface area (Å²) >= 11 is 1.14. The summed E-state index contributed by atoms with van der Waals surface area (Å²) in [4.78, 5) is 20.1. The first kappa shape index (κ1) is 12.2. The minimum absolute atomic E-state index is 0.318. The van der Waals surface area contributed by atoms with Crippen molar-refractivity contribution in [2.24, 2.45) is 5.10 Å². The van der Waals surface area contributed by atoms with Crippen molar-refractivity contribution in [3.63, 3.8) is 0 Å². The zero-order valence-corrected chi connectivity index (χ0v) is 10.4. The van der Waals surface area contributed by atoms with Crippen LogP contribution >= 0.6 is 11.3 Å². The molecular weight excluding hydrogens is 250 g/mol. The van der Waals surface area contributed by atoms with Gasteiger partial charge in [0.1, 0.15) is 4.88 Å². The fraction of sp³-hybridized carbons (Fsp3) is 0.0909. The maximum Gasteiger partial charge on any atom is 0.283 e. The number of amides is 1. The number of hydrogen-bond donors (Lipinski definition) is 2. The molecule has 2 heterocycles. The molecule has 1 amide bonds. The van der Waals surface area contributed by atoms with Crippen molar-refractivity contribution < 1.29 is 4.79 Å². The van der Waals surface area contributed by atoms with Crippen LogP contribution in [0.4, 0.5) is 5.13 Å². The first-order valence-corrected chi connectivity index (χ1v) is 5.95. The van der Waals surface area contributed by atoms with E-state index in [1.807, 2.05) is 6.07 Å². The lowest BCUT2D eigenvalue weighted by Gasteiger charge is -1.96. The molecule has 0 fully saturated rings. The SMILES string of the molecule is Cc1nc(N)sc1C(=O)N/N=C\c1cccnc1. The van der Waals surface area contributed by atoms with E-state index >= 15 is 0 Å². The number of hydrazone groups is 1. The maximum atomic E-state index is 11.7. The van der Waals surface area contributed by atoms with Crippen LogP contribution in [0, 0.1) is 6.92 Å². The Bertz CT molecular complexity index is 578. The van der Waals surface area contributed by atoms with Gasteiger partial charge in [-0.1, -0.05) is 17.4 Å². The van der Waals surface area contributed by atoms with Gasteiger partial charge in [0.25, 0.3) is 5.91 Å². The van der Waals surface area contributed by atoms with Gasteiger partial charge < -0.3 is 5.73 Å². The molecule has 0 atom stereocenters. The topological polar surface area (TPSA) is 93.3 Å². The molecule has 0 aromatic carbocycles. The summed E-state index contributed by atoms with van der Waals surface area (Å²) in [5.74, 6) is -0.318. The van der Waals surface area contributed by atoms with E-state index in [9.17, 15) is 4.79 Å². The molecule has 0 aliphatic rings. The van der Waals surface area contributed by atoms with Crippen molar-refractivity contribution in [1.29, 1.82) is 0 Å². The first-order valence-electron chi connectivity index (χ1n) is 5.13. The van der Waals surface area contributed by atoms with Crippen LogP contribution in [0.25, 0.3) is 0 Å². The number of anilines is 1. The number of nitrogens with zero attached hydrogens (tertiary/aromatic N) is 3. The molecule has 0 saturated carbocycles. The number of aromatic nitrogens is 2. The second kappa shape index (κ2) is 5.37. The summed E-state index contributed by atoms with van der Waals surface area (Å²) in [6.07, 6.45) is 4.83. The minimum Gasteiger partial charge on any atom is -0.375 e. The lowest BCUT2D eigenvalue weighted by atomic mass is 10.3. The van der Waals surface area contributed by atoms with Gasteiger partial charge in [-0.25, -0.2) is 10.4 Å². The Hall–Kier alpha value is -2.28. The Kier molecular flexibility index (Phi) is 3.63. The zero-order valence-electron chi connectivity index (χ0n) is 9.62. The minimum atomic E-state index is -0.318. The molecule has 2 aromatic heterocycles. The molecule has 0 aliphatic carbocycles. The molecule has 2 rings (SSSR count). The van der Waals surface area contributed by atoms with Crippen molar-refractivity contribution in [3.8, 4) is 0 Å². The van der Waals surface area contributed by atoms with E-state index in [0.717, 1.165) is 16.9 Å². The number of carbonyl (C=O) groups excluding carboxylic acids is 1. The van der Waals surface area contributed by atoms with Crippen LogP contribution in [0.15, 0.2) is 29.6 Å². The number of rotatable bonds is 3. The zero-order chi connectivity index (χ0) is 13.0. The van der Waals surface area contributed by atoms with Crippen LogP contribution in [-0.2, 0) is 0 Å². The van der Waals surface area contributed by atoms with Crippen LogP contribution in [-0.4, -0.2) is 22.1 Å². The second-order valence-corrected chi connectivity index (χ2v) is 4.48. The second-order valence-electron chi connectivity index (χ2n) is 3.45. The summed E-state index contributed by atoms with van der Waals surface area (Å²) in [6, 6.07) is 3.62. The van der Waals surface area contributed by atoms with Gasteiger partial charge in [0, 0.05) is 18.0 Å². The van der Waals surface area contributed by atoms with E-state index < -0.39 is 0 Å². The van der Waals surface area contributed by atoms with Gasteiger partial charge in [0.2, 0.25) is 0 Å². The lowest BCUT2D eigenvalue weighted by Crippen LogP contribution is -2.17. The molecule has 3 N–H and O–H groups in total. The van der Waals surface area contributed by atoms with Crippen LogP contribution in [0.5, 0.6) is 0 Å². The first-order chi connectivity index (χ1) is 8.66. The number of nitrogens with two attached hydrogens (primary N) is 1. The Labute approximate surface area is 108 Å². The third-order valence-corrected chi connectivity index (χ3v) is 3.07. The third kappa shape index (κ3) is 2.89. The number of carbonyl (C=O) groups is 1. The Balaban J connectivity index is 2.01. The molecule has 7 heteroatoms. The van der Waals surface area contributed by atoms with Crippen molar-refractivity contribution >= 4 is 28.6 Å². The highest BCUT2D eigenvalue weighted by Crippen LogP contribution is 2.19. The molecule has 2 aromatic rings. The molecule has 6 nitrogen and oxygen atoms in total. The molecule has 92 valence electrons. The summed E-state index contributed by atoms with van der Waals surface area (Å²) < 4.78 is 0. The Morgan fingerprint density at radius 3 is 3.06 bits per heavy atom. The largest absolute Gasteiger partial charge is 0.375 e. The van der Waals surface area contributed by atoms with Crippen molar-refractivity contribution in [2.45, 2.75) is 6.92 Å². The van der Waals surface area contributed by atoms with E-state index in [1.165, 1.54) is 6.21 Å². The van der Waals surface area contributed by atoms with Crippen LogP contribution in [0.2, 0.25) is 0 Å². The van der Waals surface area contributed by atoms with Gasteiger partial charge in [-0.2, -0.15) is 5.10 Å². The van der Waals surface area contributed by atoms with E-state index in [-0.39, 0.29) is 5.91 Å². The predicted molar refractivity (Wildman–Crippen MR) is 70.6 cm³/mol. The van der Waals surface area contributed by atoms with E-state index in [4.69, 9.17) is 5.73 Å². The molecule has 0 radical (unpaired) electrons. The summed E-state index contributed by atoms with van der Waals surface area (Å²) in [5, 5.41) is 4.21. The highest BCUT2D eigenvalue weighted by atomic mass is 32.1. The Morgan fingerprint density at radius 1 is 1.61 bits per heavy atom. The average molecular weight is 261 g/mol. The van der Waals surface area contributed by atoms with Gasteiger partial charge >= 0.3 is 0 Å². The molecule has 0 aliphatic heterocycles. The standard InChI is InChI=1S/C11H11N5OS/c1-7-9(18-11(12)15-7)10(17)16-14-6-8-3-2-4-13-5-8/h2-6H,1H3,(H2,12,15)(H,16,17)/b14-6-. The lowest BCUT2D eigenvalue weighted by molar-refractivity contribution is 0.0958. The molecule has 0 saturated heterocycles. The fourth-order valence-electron chi connectivity index (χ4n) is 1.30. The Morgan fingerprint density at radius 2 is 2.44 bits per heavy atom. The van der Waals surface area contributed by atoms with Gasteiger partial charge in [-0.3, -0.25) is 9.78 Å². The molecule has 0 bridgehead atoms. The van der Waals surface area contributed by atoms with Crippen LogP contribution in [0.1, 0.15) is 20.9 Å². The quantitative estimate of drug-likeness (QED) is 0.641. The predicted octanol–water partition coefficient (Wildman–Crippen LogP) is 1.19. The number of pyridine rings is 1. The molecular formula is C11H11N5OS.